The maximum atomic E-state index is 11.3. The molecule has 0 aromatic carbocycles. The van der Waals surface area contributed by atoms with Crippen molar-refractivity contribution in [1.29, 1.82) is 0 Å². The Morgan fingerprint density at radius 1 is 0.839 bits per heavy atom. The largest absolute Gasteiger partial charge is 0.481 e. The third kappa shape index (κ3) is 12.6. The highest BCUT2D eigenvalue weighted by atomic mass is 16.4. The first-order chi connectivity index (χ1) is 14.6. The van der Waals surface area contributed by atoms with Gasteiger partial charge in [-0.05, 0) is 50.4 Å². The Morgan fingerprint density at radius 3 is 1.77 bits per heavy atom. The maximum absolute atomic E-state index is 11.3. The Morgan fingerprint density at radius 2 is 1.32 bits per heavy atom. The summed E-state index contributed by atoms with van der Waals surface area (Å²) in [6, 6.07) is 0. The summed E-state index contributed by atoms with van der Waals surface area (Å²) in [5.41, 5.74) is -0.643. The van der Waals surface area contributed by atoms with E-state index in [-0.39, 0.29) is 6.42 Å². The van der Waals surface area contributed by atoms with Crippen LogP contribution in [0.1, 0.15) is 105 Å². The summed E-state index contributed by atoms with van der Waals surface area (Å²) in [5, 5.41) is 38.0. The lowest BCUT2D eigenvalue weighted by molar-refractivity contribution is -0.165. The van der Waals surface area contributed by atoms with Gasteiger partial charge in [0.2, 0.25) is 0 Å². The molecule has 0 rings (SSSR count). The lowest BCUT2D eigenvalue weighted by atomic mass is 9.81. The minimum absolute atomic E-state index is 0.205. The summed E-state index contributed by atoms with van der Waals surface area (Å²) in [4.78, 5) is 11.3. The Bertz CT molecular complexity index is 496. The third-order valence-corrected chi connectivity index (χ3v) is 6.70. The second kappa shape index (κ2) is 16.7. The van der Waals surface area contributed by atoms with Crippen LogP contribution in [0.4, 0.5) is 0 Å². The second-order valence-electron chi connectivity index (χ2n) is 10.3. The van der Waals surface area contributed by atoms with Gasteiger partial charge in [0, 0.05) is 0 Å². The minimum atomic E-state index is -1.89. The zero-order valence-corrected chi connectivity index (χ0v) is 20.8. The van der Waals surface area contributed by atoms with Gasteiger partial charge in [0.15, 0.2) is 0 Å². The molecule has 0 aliphatic heterocycles. The van der Waals surface area contributed by atoms with Crippen LogP contribution in [0.5, 0.6) is 0 Å². The molecule has 0 aromatic heterocycles. The van der Waals surface area contributed by atoms with E-state index in [1.54, 1.807) is 0 Å². The monoisotopic (exact) mass is 442 g/mol. The van der Waals surface area contributed by atoms with Gasteiger partial charge in [0.05, 0.1) is 19.3 Å². The first-order valence-corrected chi connectivity index (χ1v) is 12.4. The van der Waals surface area contributed by atoms with E-state index in [0.29, 0.717) is 6.42 Å². The summed E-state index contributed by atoms with van der Waals surface area (Å²) in [6.07, 6.45) is 12.9. The summed E-state index contributed by atoms with van der Waals surface area (Å²) in [6.45, 7) is 9.83. The van der Waals surface area contributed by atoms with Crippen LogP contribution in [0.2, 0.25) is 0 Å². The molecule has 184 valence electrons. The minimum Gasteiger partial charge on any atom is -0.481 e. The Labute approximate surface area is 191 Å². The molecule has 3 unspecified atom stereocenters. The summed E-state index contributed by atoms with van der Waals surface area (Å²) < 4.78 is 0. The van der Waals surface area contributed by atoms with E-state index in [1.165, 1.54) is 50.5 Å². The van der Waals surface area contributed by atoms with Crippen molar-refractivity contribution in [2.24, 2.45) is 23.2 Å². The van der Waals surface area contributed by atoms with Crippen molar-refractivity contribution in [3.05, 3.63) is 11.6 Å². The first kappa shape index (κ1) is 30.1. The van der Waals surface area contributed by atoms with E-state index in [1.807, 2.05) is 6.08 Å². The highest BCUT2D eigenvalue weighted by Crippen LogP contribution is 2.26. The van der Waals surface area contributed by atoms with E-state index < -0.39 is 30.7 Å². The van der Waals surface area contributed by atoms with Crippen molar-refractivity contribution in [3.63, 3.8) is 0 Å². The number of aliphatic hydroxyl groups is 3. The van der Waals surface area contributed by atoms with E-state index in [0.717, 1.165) is 30.6 Å². The summed E-state index contributed by atoms with van der Waals surface area (Å²) in [7, 11) is 0. The molecule has 0 heterocycles. The lowest BCUT2D eigenvalue weighted by Gasteiger charge is -2.30. The highest BCUT2D eigenvalue weighted by molar-refractivity contribution is 5.75. The molecule has 0 spiro atoms. The van der Waals surface area contributed by atoms with Crippen molar-refractivity contribution in [2.75, 3.05) is 13.2 Å². The molecule has 0 aliphatic rings. The summed E-state index contributed by atoms with van der Waals surface area (Å²) in [5.74, 6) is 1.02. The van der Waals surface area contributed by atoms with Crippen molar-refractivity contribution in [3.8, 4) is 0 Å². The number of aliphatic hydroxyl groups excluding tert-OH is 3. The van der Waals surface area contributed by atoms with E-state index in [2.05, 4.69) is 34.6 Å². The smallest absolute Gasteiger partial charge is 0.317 e. The van der Waals surface area contributed by atoms with Crippen LogP contribution in [0.15, 0.2) is 11.6 Å². The predicted molar refractivity (Wildman–Crippen MR) is 128 cm³/mol. The molecule has 0 bridgehead atoms. The van der Waals surface area contributed by atoms with Crippen molar-refractivity contribution in [2.45, 2.75) is 111 Å². The van der Waals surface area contributed by atoms with Crippen LogP contribution in [-0.2, 0) is 4.79 Å². The number of carboxylic acids is 1. The van der Waals surface area contributed by atoms with Crippen LogP contribution in [0, 0.1) is 23.2 Å². The molecule has 0 amide bonds. The molecule has 5 heteroatoms. The van der Waals surface area contributed by atoms with E-state index in [9.17, 15) is 25.2 Å². The van der Waals surface area contributed by atoms with Crippen molar-refractivity contribution in [1.82, 2.24) is 0 Å². The van der Waals surface area contributed by atoms with Crippen molar-refractivity contribution < 1.29 is 25.2 Å². The Hall–Kier alpha value is -0.910. The fourth-order valence-electron chi connectivity index (χ4n) is 4.11. The van der Waals surface area contributed by atoms with Gasteiger partial charge in [0.1, 0.15) is 5.41 Å². The predicted octanol–water partition coefficient (Wildman–Crippen LogP) is 5.57. The zero-order valence-electron chi connectivity index (χ0n) is 20.8. The number of allylic oxidation sites excluding steroid dienone is 2. The average Bonchev–Trinajstić information content (AvgIpc) is 2.68. The molecule has 4 N–H and O–H groups in total. The average molecular weight is 443 g/mol. The van der Waals surface area contributed by atoms with Gasteiger partial charge in [-0.25, -0.2) is 0 Å². The highest BCUT2D eigenvalue weighted by Gasteiger charge is 2.44. The van der Waals surface area contributed by atoms with Crippen LogP contribution in [0.3, 0.4) is 0 Å². The molecular formula is C26H50O5. The number of hydrogen-bond donors (Lipinski definition) is 4. The SMILES string of the molecule is CC(=CCCC(O)C(CO)(CO)C(=O)O)CCCC(C)CCCC(C)CCCC(C)C. The van der Waals surface area contributed by atoms with Crippen molar-refractivity contribution >= 4 is 5.97 Å². The molecule has 31 heavy (non-hydrogen) atoms. The molecule has 0 saturated heterocycles. The van der Waals surface area contributed by atoms with Crippen LogP contribution in [-0.4, -0.2) is 45.7 Å². The number of carbonyl (C=O) groups is 1. The molecule has 5 nitrogen and oxygen atoms in total. The zero-order chi connectivity index (χ0) is 23.9. The second-order valence-corrected chi connectivity index (χ2v) is 10.3. The number of aliphatic carboxylic acids is 1. The van der Waals surface area contributed by atoms with Crippen LogP contribution in [0.25, 0.3) is 0 Å². The molecule has 0 aromatic rings. The van der Waals surface area contributed by atoms with Gasteiger partial charge in [-0.3, -0.25) is 4.79 Å². The first-order valence-electron chi connectivity index (χ1n) is 12.4. The Kier molecular flexibility index (Phi) is 16.2. The molecule has 3 atom stereocenters. The molecule has 0 aliphatic carbocycles. The van der Waals surface area contributed by atoms with E-state index in [4.69, 9.17) is 0 Å². The Balaban J connectivity index is 4.05. The summed E-state index contributed by atoms with van der Waals surface area (Å²) >= 11 is 0. The van der Waals surface area contributed by atoms with Gasteiger partial charge in [-0.15, -0.1) is 0 Å². The van der Waals surface area contributed by atoms with Gasteiger partial charge < -0.3 is 20.4 Å². The van der Waals surface area contributed by atoms with Gasteiger partial charge >= 0.3 is 5.97 Å². The molecular weight excluding hydrogens is 392 g/mol. The third-order valence-electron chi connectivity index (χ3n) is 6.70. The fraction of sp³-hybridized carbons (Fsp3) is 0.885. The van der Waals surface area contributed by atoms with Crippen LogP contribution >= 0.6 is 0 Å². The molecule has 0 radical (unpaired) electrons. The van der Waals surface area contributed by atoms with Crippen LogP contribution < -0.4 is 0 Å². The topological polar surface area (TPSA) is 98.0 Å². The molecule has 0 saturated carbocycles. The fourth-order valence-corrected chi connectivity index (χ4v) is 4.11. The molecule has 0 fully saturated rings. The normalized spacial score (nSPS) is 15.8. The van der Waals surface area contributed by atoms with Gasteiger partial charge in [-0.2, -0.15) is 0 Å². The number of carboxylic acid groups (broad SMARTS) is 1. The number of rotatable bonds is 19. The standard InChI is InChI=1S/C26H50O5/c1-20(2)10-6-11-21(3)12-7-13-22(4)14-8-15-23(5)16-9-17-24(29)26(18-27,19-28)25(30)31/h16,20-22,24,27-29H,6-15,17-19H2,1-5H3,(H,30,31). The number of hydrogen-bond acceptors (Lipinski definition) is 4. The van der Waals surface area contributed by atoms with Gasteiger partial charge in [-0.1, -0.05) is 84.3 Å². The quantitative estimate of drug-likeness (QED) is 0.196. The maximum Gasteiger partial charge on any atom is 0.317 e. The lowest BCUT2D eigenvalue weighted by Crippen LogP contribution is -2.48. The van der Waals surface area contributed by atoms with E-state index >= 15 is 0 Å². The van der Waals surface area contributed by atoms with Gasteiger partial charge in [0.25, 0.3) is 0 Å².